The Morgan fingerprint density at radius 3 is 2.30 bits per heavy atom. The van der Waals surface area contributed by atoms with Crippen molar-refractivity contribution in [1.29, 1.82) is 0 Å². The third-order valence-corrected chi connectivity index (χ3v) is 3.71. The summed E-state index contributed by atoms with van der Waals surface area (Å²) in [4.78, 5) is 34.9. The maximum Gasteiger partial charge on any atom is 0.305 e. The van der Waals surface area contributed by atoms with Crippen LogP contribution in [0.1, 0.15) is 35.4 Å². The highest BCUT2D eigenvalue weighted by molar-refractivity contribution is 5.97. The van der Waals surface area contributed by atoms with E-state index in [4.69, 9.17) is 9.84 Å². The Hall–Kier alpha value is -3.19. The van der Waals surface area contributed by atoms with Gasteiger partial charge in [-0.2, -0.15) is 0 Å². The van der Waals surface area contributed by atoms with Crippen LogP contribution in [0.4, 0.5) is 5.69 Å². The molecule has 7 nitrogen and oxygen atoms in total. The van der Waals surface area contributed by atoms with E-state index in [1.807, 2.05) is 37.3 Å². The molecule has 2 aromatic carbocycles. The van der Waals surface area contributed by atoms with E-state index in [2.05, 4.69) is 10.6 Å². The van der Waals surface area contributed by atoms with E-state index >= 15 is 0 Å². The Morgan fingerprint density at radius 2 is 1.70 bits per heavy atom. The van der Waals surface area contributed by atoms with Crippen molar-refractivity contribution in [3.63, 3.8) is 0 Å². The topological polar surface area (TPSA) is 105 Å². The van der Waals surface area contributed by atoms with Crippen LogP contribution in [-0.2, 0) is 14.3 Å². The summed E-state index contributed by atoms with van der Waals surface area (Å²) in [6.07, 6.45) is -0.867. The zero-order chi connectivity index (χ0) is 19.6. The van der Waals surface area contributed by atoms with E-state index in [9.17, 15) is 14.4 Å². The highest BCUT2D eigenvalue weighted by Crippen LogP contribution is 2.20. The molecule has 0 aliphatic heterocycles. The van der Waals surface area contributed by atoms with Crippen LogP contribution in [0, 0.1) is 0 Å². The number of ether oxygens (including phenoxy) is 1. The number of anilines is 1. The summed E-state index contributed by atoms with van der Waals surface area (Å²) in [5.74, 6) is -1.65. The molecule has 1 unspecified atom stereocenters. The van der Waals surface area contributed by atoms with Gasteiger partial charge in [0, 0.05) is 24.4 Å². The average Bonchev–Trinajstić information content (AvgIpc) is 2.67. The smallest absolute Gasteiger partial charge is 0.305 e. The summed E-state index contributed by atoms with van der Waals surface area (Å²) in [6, 6.07) is 15.5. The third-order valence-electron chi connectivity index (χ3n) is 3.71. The van der Waals surface area contributed by atoms with Crippen molar-refractivity contribution in [2.45, 2.75) is 19.4 Å². The van der Waals surface area contributed by atoms with Crippen LogP contribution in [0.2, 0.25) is 0 Å². The van der Waals surface area contributed by atoms with E-state index in [0.29, 0.717) is 17.9 Å². The first-order valence-electron chi connectivity index (χ1n) is 8.58. The minimum absolute atomic E-state index is 0.0553. The van der Waals surface area contributed by atoms with Gasteiger partial charge >= 0.3 is 5.97 Å². The van der Waals surface area contributed by atoms with Crippen LogP contribution in [0.25, 0.3) is 0 Å². The standard InChI is InChI=1S/C20H22N2O5/c1-2-27-18(14-6-4-3-5-7-14)20(26)22-16-10-8-15(9-11-16)19(25)21-13-12-17(23)24/h3-11,18H,2,12-13H2,1H3,(H,21,25)(H,22,26)(H,23,24). The van der Waals surface area contributed by atoms with Crippen LogP contribution >= 0.6 is 0 Å². The van der Waals surface area contributed by atoms with E-state index in [1.54, 1.807) is 24.3 Å². The molecule has 7 heteroatoms. The highest BCUT2D eigenvalue weighted by Gasteiger charge is 2.20. The lowest BCUT2D eigenvalue weighted by molar-refractivity contribution is -0.136. The molecule has 0 spiro atoms. The molecular formula is C20H22N2O5. The molecule has 142 valence electrons. The molecule has 0 bridgehead atoms. The van der Waals surface area contributed by atoms with Crippen molar-refractivity contribution in [3.05, 3.63) is 65.7 Å². The van der Waals surface area contributed by atoms with E-state index in [-0.39, 0.29) is 24.8 Å². The lowest BCUT2D eigenvalue weighted by atomic mass is 10.1. The summed E-state index contributed by atoms with van der Waals surface area (Å²) in [5.41, 5.74) is 1.66. The number of hydrogen-bond donors (Lipinski definition) is 3. The van der Waals surface area contributed by atoms with Crippen molar-refractivity contribution in [2.75, 3.05) is 18.5 Å². The predicted octanol–water partition coefficient (Wildman–Crippen LogP) is 2.61. The first kappa shape index (κ1) is 20.1. The molecular weight excluding hydrogens is 348 g/mol. The van der Waals surface area contributed by atoms with Crippen molar-refractivity contribution >= 4 is 23.5 Å². The summed E-state index contributed by atoms with van der Waals surface area (Å²) >= 11 is 0. The van der Waals surface area contributed by atoms with Crippen LogP contribution in [0.5, 0.6) is 0 Å². The van der Waals surface area contributed by atoms with Crippen molar-refractivity contribution in [1.82, 2.24) is 5.32 Å². The number of aliphatic carboxylic acids is 1. The molecule has 2 rings (SSSR count). The van der Waals surface area contributed by atoms with Gasteiger partial charge in [0.2, 0.25) is 0 Å². The summed E-state index contributed by atoms with van der Waals surface area (Å²) in [5, 5.41) is 13.9. The lowest BCUT2D eigenvalue weighted by Crippen LogP contribution is -2.26. The number of rotatable bonds is 9. The summed E-state index contributed by atoms with van der Waals surface area (Å²) in [7, 11) is 0. The largest absolute Gasteiger partial charge is 0.481 e. The fourth-order valence-corrected chi connectivity index (χ4v) is 2.42. The molecule has 0 fully saturated rings. The van der Waals surface area contributed by atoms with Crippen LogP contribution in [0.3, 0.4) is 0 Å². The first-order valence-corrected chi connectivity index (χ1v) is 8.58. The quantitative estimate of drug-likeness (QED) is 0.629. The number of carbonyl (C=O) groups excluding carboxylic acids is 2. The Labute approximate surface area is 157 Å². The maximum atomic E-state index is 12.6. The molecule has 0 aliphatic carbocycles. The highest BCUT2D eigenvalue weighted by atomic mass is 16.5. The number of amides is 2. The summed E-state index contributed by atoms with van der Waals surface area (Å²) in [6.45, 7) is 2.27. The number of nitrogens with one attached hydrogen (secondary N) is 2. The van der Waals surface area contributed by atoms with Crippen molar-refractivity contribution < 1.29 is 24.2 Å². The molecule has 0 aromatic heterocycles. The third kappa shape index (κ3) is 6.23. The maximum absolute atomic E-state index is 12.6. The Morgan fingerprint density at radius 1 is 1.04 bits per heavy atom. The number of carbonyl (C=O) groups is 3. The van der Waals surface area contributed by atoms with Gasteiger partial charge in [-0.25, -0.2) is 0 Å². The number of benzene rings is 2. The Kier molecular flexibility index (Phi) is 7.51. The second-order valence-electron chi connectivity index (χ2n) is 5.71. The van der Waals surface area contributed by atoms with Gasteiger partial charge in [-0.15, -0.1) is 0 Å². The fraction of sp³-hybridized carbons (Fsp3) is 0.250. The Bertz CT molecular complexity index is 775. The van der Waals surface area contributed by atoms with Crippen LogP contribution in [0.15, 0.2) is 54.6 Å². The van der Waals surface area contributed by atoms with Gasteiger partial charge in [0.25, 0.3) is 11.8 Å². The molecule has 0 aliphatic rings. The molecule has 0 heterocycles. The van der Waals surface area contributed by atoms with E-state index in [0.717, 1.165) is 5.56 Å². The van der Waals surface area contributed by atoms with Crippen LogP contribution in [-0.4, -0.2) is 36.0 Å². The minimum atomic E-state index is -0.976. The van der Waals surface area contributed by atoms with Crippen molar-refractivity contribution in [3.8, 4) is 0 Å². The van der Waals surface area contributed by atoms with E-state index in [1.165, 1.54) is 0 Å². The van der Waals surface area contributed by atoms with Gasteiger partial charge in [-0.05, 0) is 36.8 Å². The van der Waals surface area contributed by atoms with Gasteiger partial charge in [0.15, 0.2) is 6.10 Å². The summed E-state index contributed by atoms with van der Waals surface area (Å²) < 4.78 is 5.56. The van der Waals surface area contributed by atoms with Gasteiger partial charge in [-0.1, -0.05) is 30.3 Å². The average molecular weight is 370 g/mol. The van der Waals surface area contributed by atoms with Crippen LogP contribution < -0.4 is 10.6 Å². The normalized spacial score (nSPS) is 11.4. The minimum Gasteiger partial charge on any atom is -0.481 e. The molecule has 1 atom stereocenters. The van der Waals surface area contributed by atoms with Gasteiger partial charge in [0.05, 0.1) is 6.42 Å². The second-order valence-corrected chi connectivity index (χ2v) is 5.71. The Balaban J connectivity index is 1.99. The van der Waals surface area contributed by atoms with Gasteiger partial charge < -0.3 is 20.5 Å². The number of carboxylic acids is 1. The number of hydrogen-bond acceptors (Lipinski definition) is 4. The van der Waals surface area contributed by atoms with Crippen molar-refractivity contribution in [2.24, 2.45) is 0 Å². The second kappa shape index (κ2) is 10.1. The number of carboxylic acid groups (broad SMARTS) is 1. The molecule has 0 radical (unpaired) electrons. The zero-order valence-electron chi connectivity index (χ0n) is 15.0. The molecule has 2 aromatic rings. The first-order chi connectivity index (χ1) is 13.0. The molecule has 0 saturated heterocycles. The predicted molar refractivity (Wildman–Crippen MR) is 100 cm³/mol. The SMILES string of the molecule is CCOC(C(=O)Nc1ccc(C(=O)NCCC(=O)O)cc1)c1ccccc1. The zero-order valence-corrected chi connectivity index (χ0v) is 15.0. The molecule has 27 heavy (non-hydrogen) atoms. The van der Waals surface area contributed by atoms with Gasteiger partial charge in [-0.3, -0.25) is 14.4 Å². The lowest BCUT2D eigenvalue weighted by Gasteiger charge is -2.17. The van der Waals surface area contributed by atoms with E-state index < -0.39 is 12.1 Å². The van der Waals surface area contributed by atoms with Gasteiger partial charge in [0.1, 0.15) is 0 Å². The fourth-order valence-electron chi connectivity index (χ4n) is 2.42. The molecule has 2 amide bonds. The molecule has 3 N–H and O–H groups in total. The monoisotopic (exact) mass is 370 g/mol. The molecule has 0 saturated carbocycles.